The van der Waals surface area contributed by atoms with E-state index in [1.807, 2.05) is 49.5 Å². The zero-order valence-corrected chi connectivity index (χ0v) is 32.8. The highest BCUT2D eigenvalue weighted by molar-refractivity contribution is 6.34. The van der Waals surface area contributed by atoms with Crippen LogP contribution in [0.2, 0.25) is 5.02 Å². The fraction of sp³-hybridized carbons (Fsp3) is 0.366. The second-order valence-corrected chi connectivity index (χ2v) is 16.1. The number of nitrogens with two attached hydrogens (primary N) is 1. The summed E-state index contributed by atoms with van der Waals surface area (Å²) in [5.41, 5.74) is 12.9. The minimum absolute atomic E-state index is 0.159. The number of rotatable bonds is 9. The molecule has 3 saturated heterocycles. The van der Waals surface area contributed by atoms with Gasteiger partial charge in [-0.25, -0.2) is 23.1 Å². The quantitative estimate of drug-likeness (QED) is 0.177. The fourth-order valence-corrected chi connectivity index (χ4v) is 9.35. The van der Waals surface area contributed by atoms with E-state index in [9.17, 15) is 14.4 Å². The molecule has 4 amide bonds. The average molecular weight is 810 g/mol. The van der Waals surface area contributed by atoms with Crippen molar-refractivity contribution >= 4 is 58.0 Å². The summed E-state index contributed by atoms with van der Waals surface area (Å²) in [6.07, 6.45) is 4.55. The Morgan fingerprint density at radius 3 is 2.50 bits per heavy atom. The first-order valence-electron chi connectivity index (χ1n) is 19.3. The topological polar surface area (TPSA) is 157 Å². The van der Waals surface area contributed by atoms with Gasteiger partial charge in [0.05, 0.1) is 40.2 Å². The van der Waals surface area contributed by atoms with E-state index in [0.29, 0.717) is 73.6 Å². The van der Waals surface area contributed by atoms with E-state index in [-0.39, 0.29) is 31.1 Å². The second kappa shape index (κ2) is 14.3. The largest absolute Gasteiger partial charge is 0.385 e. The number of amides is 4. The lowest BCUT2D eigenvalue weighted by Gasteiger charge is -2.57. The maximum atomic E-state index is 16.0. The molecule has 0 radical (unpaired) electrons. The molecule has 4 N–H and O–H groups in total. The van der Waals surface area contributed by atoms with Crippen molar-refractivity contribution < 1.29 is 23.2 Å². The molecule has 0 atom stereocenters. The van der Waals surface area contributed by atoms with E-state index in [2.05, 4.69) is 31.5 Å². The minimum atomic E-state index is -2.89. The number of fused-ring (bicyclic) bond motifs is 2. The normalized spacial score (nSPS) is 19.1. The van der Waals surface area contributed by atoms with Gasteiger partial charge in [-0.3, -0.25) is 34.6 Å². The number of carbonyl (C=O) groups is 3. The number of pyridine rings is 1. The highest BCUT2D eigenvalue weighted by Crippen LogP contribution is 2.51. The summed E-state index contributed by atoms with van der Waals surface area (Å²) in [5, 5.41) is 10.6. The number of imide groups is 1. The molecule has 0 bridgehead atoms. The van der Waals surface area contributed by atoms with Crippen molar-refractivity contribution in [2.45, 2.75) is 45.2 Å². The first kappa shape index (κ1) is 37.8. The number of nitrogens with one attached hydrogen (secondary N) is 2. The Morgan fingerprint density at radius 2 is 1.78 bits per heavy atom. The van der Waals surface area contributed by atoms with Gasteiger partial charge in [-0.05, 0) is 66.8 Å². The summed E-state index contributed by atoms with van der Waals surface area (Å²) >= 11 is 6.50. The third-order valence-corrected chi connectivity index (χ3v) is 12.5. The van der Waals surface area contributed by atoms with Gasteiger partial charge >= 0.3 is 6.03 Å². The monoisotopic (exact) mass is 809 g/mol. The summed E-state index contributed by atoms with van der Waals surface area (Å²) in [6.45, 7) is 4.32. The number of piperidine rings is 1. The molecule has 0 saturated carbocycles. The van der Waals surface area contributed by atoms with Crippen LogP contribution in [0.1, 0.15) is 45.6 Å². The van der Waals surface area contributed by atoms with Gasteiger partial charge in [-0.15, -0.1) is 5.10 Å². The van der Waals surface area contributed by atoms with Gasteiger partial charge in [0.2, 0.25) is 5.91 Å². The number of hydrogen-bond acceptors (Lipinski definition) is 10. The molecule has 2 aromatic carbocycles. The van der Waals surface area contributed by atoms with E-state index >= 15 is 8.78 Å². The van der Waals surface area contributed by atoms with Crippen molar-refractivity contribution in [2.75, 3.05) is 61.4 Å². The number of primary amides is 1. The number of aromatic nitrogens is 4. The van der Waals surface area contributed by atoms with Gasteiger partial charge in [-0.2, -0.15) is 0 Å². The smallest absolute Gasteiger partial charge is 0.328 e. The molecule has 7 heterocycles. The van der Waals surface area contributed by atoms with E-state index < -0.39 is 23.3 Å². The Morgan fingerprint density at radius 1 is 0.966 bits per heavy atom. The predicted molar refractivity (Wildman–Crippen MR) is 216 cm³/mol. The first-order valence-corrected chi connectivity index (χ1v) is 19.7. The maximum absolute atomic E-state index is 16.0. The second-order valence-electron chi connectivity index (χ2n) is 15.7. The Bertz CT molecular complexity index is 2490. The Kier molecular flexibility index (Phi) is 9.32. The van der Waals surface area contributed by atoms with Crippen LogP contribution in [0.3, 0.4) is 0 Å². The molecule has 4 aliphatic heterocycles. The van der Waals surface area contributed by atoms with Gasteiger partial charge < -0.3 is 16.0 Å². The Labute approximate surface area is 337 Å². The number of likely N-dealkylation sites (tertiary alicyclic amines) is 2. The highest BCUT2D eigenvalue weighted by atomic mass is 35.5. The molecule has 0 unspecified atom stereocenters. The number of benzene rings is 2. The highest BCUT2D eigenvalue weighted by Gasteiger charge is 2.62. The van der Waals surface area contributed by atoms with Crippen LogP contribution in [0.15, 0.2) is 60.9 Å². The number of anilines is 4. The number of carbonyl (C=O) groups excluding carboxylic acids is 3. The molecule has 3 aromatic heterocycles. The van der Waals surface area contributed by atoms with E-state index in [4.69, 9.17) is 27.4 Å². The van der Waals surface area contributed by atoms with Gasteiger partial charge in [0.1, 0.15) is 5.69 Å². The first-order chi connectivity index (χ1) is 27.8. The number of nitrogens with zero attached hydrogens (tertiary/aromatic N) is 8. The Balaban J connectivity index is 0.843. The summed E-state index contributed by atoms with van der Waals surface area (Å²) in [7, 11) is 1.79. The van der Waals surface area contributed by atoms with Gasteiger partial charge in [-0.1, -0.05) is 35.9 Å². The molecule has 0 aliphatic carbocycles. The van der Waals surface area contributed by atoms with Gasteiger partial charge in [0, 0.05) is 76.3 Å². The fourth-order valence-electron chi connectivity index (χ4n) is 9.05. The third-order valence-electron chi connectivity index (χ3n) is 12.2. The number of halogens is 3. The van der Waals surface area contributed by atoms with Crippen molar-refractivity contribution in [1.82, 2.24) is 34.7 Å². The molecule has 5 aromatic rings. The van der Waals surface area contributed by atoms with Crippen molar-refractivity contribution in [2.24, 2.45) is 11.1 Å². The van der Waals surface area contributed by atoms with Crippen LogP contribution in [-0.4, -0.2) is 99.5 Å². The van der Waals surface area contributed by atoms with Crippen LogP contribution < -0.4 is 26.2 Å². The van der Waals surface area contributed by atoms with E-state index in [0.717, 1.165) is 45.6 Å². The van der Waals surface area contributed by atoms with Crippen molar-refractivity contribution in [3.8, 4) is 11.3 Å². The van der Waals surface area contributed by atoms with Crippen LogP contribution >= 0.6 is 11.6 Å². The van der Waals surface area contributed by atoms with Crippen LogP contribution in [-0.2, 0) is 24.3 Å². The summed E-state index contributed by atoms with van der Waals surface area (Å²) in [6, 6.07) is 15.0. The van der Waals surface area contributed by atoms with Crippen LogP contribution in [0.25, 0.3) is 16.9 Å². The van der Waals surface area contributed by atoms with Gasteiger partial charge in [0.15, 0.2) is 11.5 Å². The molecule has 300 valence electrons. The standard InChI is InChI=1S/C41H42ClF2N11O3/c1-24-26(7-8-29(42)36(24)54-14-11-35(56)49-39(54)58)20-51-15-12-40(41(43,44)23-51)21-52(22-40)19-25-6-9-30(47-17-25)27-4-3-5-32-28(27)10-13-53(32)34-16-31(46-2)38-48-18-33(37(45)57)55(38)50-34/h3-9,16-18,46H,10-15,19-23H2,1-2H3,(H2,45,57)(H,49,56,58). The number of imidazole rings is 1. The van der Waals surface area contributed by atoms with Crippen LogP contribution in [0.4, 0.5) is 36.5 Å². The molecule has 14 nitrogen and oxygen atoms in total. The van der Waals surface area contributed by atoms with Crippen molar-refractivity contribution in [3.05, 3.63) is 93.9 Å². The molecule has 17 heteroatoms. The van der Waals surface area contributed by atoms with Gasteiger partial charge in [0.25, 0.3) is 11.8 Å². The zero-order valence-electron chi connectivity index (χ0n) is 32.1. The summed E-state index contributed by atoms with van der Waals surface area (Å²) in [4.78, 5) is 52.9. The minimum Gasteiger partial charge on any atom is -0.385 e. The molecular weight excluding hydrogens is 768 g/mol. The predicted octanol–water partition coefficient (Wildman–Crippen LogP) is 5.38. The lowest BCUT2D eigenvalue weighted by atomic mass is 9.69. The summed E-state index contributed by atoms with van der Waals surface area (Å²) in [5.74, 6) is -3.20. The van der Waals surface area contributed by atoms with Crippen LogP contribution in [0.5, 0.6) is 0 Å². The number of urea groups is 1. The zero-order chi connectivity index (χ0) is 40.5. The molecule has 1 spiro atoms. The van der Waals surface area contributed by atoms with Crippen molar-refractivity contribution in [3.63, 3.8) is 0 Å². The van der Waals surface area contributed by atoms with E-state index in [1.54, 1.807) is 18.0 Å². The van der Waals surface area contributed by atoms with Crippen LogP contribution in [0, 0.1) is 12.3 Å². The molecule has 4 aliphatic rings. The molecular formula is C41H42ClF2N11O3. The Hall–Kier alpha value is -5.71. The summed E-state index contributed by atoms with van der Waals surface area (Å²) < 4.78 is 33.5. The van der Waals surface area contributed by atoms with Crippen molar-refractivity contribution in [1.29, 1.82) is 0 Å². The third kappa shape index (κ3) is 6.39. The lowest BCUT2D eigenvalue weighted by Crippen LogP contribution is -2.69. The van der Waals surface area contributed by atoms with E-state index in [1.165, 1.54) is 15.6 Å². The molecule has 3 fully saturated rings. The molecule has 9 rings (SSSR count). The number of hydrogen-bond donors (Lipinski definition) is 3. The molecule has 58 heavy (non-hydrogen) atoms. The number of alkyl halides is 2. The SMILES string of the molecule is CNc1cc(N2CCc3c(-c4ccc(CN5CC6(CCN(Cc7ccc(Cl)c(N8CCC(=O)NC8=O)c7C)CC6(F)F)C5)cn4)cccc32)nn2c(C(N)=O)cnc12. The lowest BCUT2D eigenvalue weighted by molar-refractivity contribution is -0.227. The average Bonchev–Trinajstić information content (AvgIpc) is 3.82. The maximum Gasteiger partial charge on any atom is 0.328 e.